The lowest BCUT2D eigenvalue weighted by Gasteiger charge is -2.21. The van der Waals surface area contributed by atoms with Gasteiger partial charge in [-0.3, -0.25) is 9.59 Å². The summed E-state index contributed by atoms with van der Waals surface area (Å²) in [5.41, 5.74) is 0. The molecule has 0 unspecified atom stereocenters. The smallest absolute Gasteiger partial charge is 0.307 e. The zero-order chi connectivity index (χ0) is 15.1. The third-order valence-corrected chi connectivity index (χ3v) is 4.29. The molecule has 0 spiro atoms. The highest BCUT2D eigenvalue weighted by molar-refractivity contribution is 5.85. The van der Waals surface area contributed by atoms with Gasteiger partial charge in [0.2, 0.25) is 5.91 Å². The third kappa shape index (κ3) is 5.12. The summed E-state index contributed by atoms with van der Waals surface area (Å²) in [6, 6.07) is 0.541. The van der Waals surface area contributed by atoms with Gasteiger partial charge in [-0.2, -0.15) is 0 Å². The Morgan fingerprint density at radius 2 is 1.90 bits per heavy atom. The second-order valence-corrected chi connectivity index (χ2v) is 6.05. The first-order valence-electron chi connectivity index (χ1n) is 7.64. The van der Waals surface area contributed by atoms with E-state index in [1.54, 1.807) is 0 Å². The summed E-state index contributed by atoms with van der Waals surface area (Å²) in [6.07, 6.45) is 4.16. The molecular formula is C15H28N2O3. The summed E-state index contributed by atoms with van der Waals surface area (Å²) in [5, 5.41) is 12.0. The number of amides is 1. The van der Waals surface area contributed by atoms with Crippen molar-refractivity contribution in [2.45, 2.75) is 52.0 Å². The molecule has 1 aliphatic carbocycles. The van der Waals surface area contributed by atoms with Crippen molar-refractivity contribution < 1.29 is 14.7 Å². The molecule has 0 aliphatic heterocycles. The van der Waals surface area contributed by atoms with Crippen LogP contribution in [0.25, 0.3) is 0 Å². The van der Waals surface area contributed by atoms with Crippen molar-refractivity contribution in [2.24, 2.45) is 11.8 Å². The number of carbonyl (C=O) groups is 2. The van der Waals surface area contributed by atoms with Crippen LogP contribution in [0.4, 0.5) is 0 Å². The Kier molecular flexibility index (Phi) is 6.99. The Bertz CT molecular complexity index is 331. The first-order valence-corrected chi connectivity index (χ1v) is 7.64. The lowest BCUT2D eigenvalue weighted by Crippen LogP contribution is -2.36. The van der Waals surface area contributed by atoms with Gasteiger partial charge in [-0.1, -0.05) is 6.42 Å². The second-order valence-electron chi connectivity index (χ2n) is 6.05. The maximum atomic E-state index is 12.0. The van der Waals surface area contributed by atoms with Crippen molar-refractivity contribution in [3.63, 3.8) is 0 Å². The van der Waals surface area contributed by atoms with Gasteiger partial charge in [-0.15, -0.1) is 0 Å². The van der Waals surface area contributed by atoms with Gasteiger partial charge in [-0.25, -0.2) is 0 Å². The largest absolute Gasteiger partial charge is 0.481 e. The van der Waals surface area contributed by atoms with Gasteiger partial charge < -0.3 is 15.3 Å². The van der Waals surface area contributed by atoms with Crippen LogP contribution < -0.4 is 5.32 Å². The van der Waals surface area contributed by atoms with Crippen molar-refractivity contribution >= 4 is 11.9 Å². The normalized spacial score (nSPS) is 22.4. The van der Waals surface area contributed by atoms with E-state index < -0.39 is 11.9 Å². The Balaban J connectivity index is 2.19. The predicted octanol–water partition coefficient (Wildman–Crippen LogP) is 1.72. The number of carbonyl (C=O) groups excluding carboxylic acids is 1. The molecule has 1 rings (SSSR count). The lowest BCUT2D eigenvalue weighted by atomic mass is 9.95. The Labute approximate surface area is 121 Å². The van der Waals surface area contributed by atoms with Gasteiger partial charge in [-0.05, 0) is 53.1 Å². The summed E-state index contributed by atoms with van der Waals surface area (Å²) in [5.74, 6) is -1.72. The van der Waals surface area contributed by atoms with Gasteiger partial charge >= 0.3 is 5.97 Å². The number of rotatable bonds is 8. The molecule has 2 atom stereocenters. The minimum Gasteiger partial charge on any atom is -0.481 e. The van der Waals surface area contributed by atoms with Gasteiger partial charge in [0.15, 0.2) is 0 Å². The molecule has 5 nitrogen and oxygen atoms in total. The number of carboxylic acid groups (broad SMARTS) is 1. The van der Waals surface area contributed by atoms with Gasteiger partial charge in [0, 0.05) is 12.6 Å². The Morgan fingerprint density at radius 3 is 2.50 bits per heavy atom. The molecule has 116 valence electrons. The van der Waals surface area contributed by atoms with E-state index in [0.717, 1.165) is 25.8 Å². The quantitative estimate of drug-likeness (QED) is 0.666. The minimum atomic E-state index is -0.832. The summed E-state index contributed by atoms with van der Waals surface area (Å²) in [6.45, 7) is 5.99. The number of aliphatic carboxylic acids is 1. The van der Waals surface area contributed by atoms with Crippen LogP contribution in [0.5, 0.6) is 0 Å². The molecule has 0 aromatic carbocycles. The predicted molar refractivity (Wildman–Crippen MR) is 78.5 cm³/mol. The molecule has 0 aromatic heterocycles. The molecule has 1 amide bonds. The standard InChI is InChI=1S/C15H28N2O3/c1-11(2)17(3)10-5-4-9-16-14(18)12-7-6-8-13(12)15(19)20/h11-13H,4-10H2,1-3H3,(H,16,18)(H,19,20)/t12-,13+/m1/s1. The molecule has 0 aromatic rings. The summed E-state index contributed by atoms with van der Waals surface area (Å²) >= 11 is 0. The number of unbranched alkanes of at least 4 members (excludes halogenated alkanes) is 1. The summed E-state index contributed by atoms with van der Waals surface area (Å²) in [4.78, 5) is 25.3. The zero-order valence-electron chi connectivity index (χ0n) is 12.9. The third-order valence-electron chi connectivity index (χ3n) is 4.29. The Hall–Kier alpha value is -1.10. The number of hydrogen-bond donors (Lipinski definition) is 2. The number of carboxylic acids is 1. The highest BCUT2D eigenvalue weighted by atomic mass is 16.4. The van der Waals surface area contributed by atoms with Crippen LogP contribution in [0.2, 0.25) is 0 Å². The van der Waals surface area contributed by atoms with Gasteiger partial charge in [0.25, 0.3) is 0 Å². The van der Waals surface area contributed by atoms with Crippen molar-refractivity contribution in [2.75, 3.05) is 20.1 Å². The van der Waals surface area contributed by atoms with E-state index in [4.69, 9.17) is 5.11 Å². The molecule has 1 saturated carbocycles. The van der Waals surface area contributed by atoms with Gasteiger partial charge in [0.05, 0.1) is 11.8 Å². The van der Waals surface area contributed by atoms with E-state index in [2.05, 4.69) is 31.1 Å². The summed E-state index contributed by atoms with van der Waals surface area (Å²) < 4.78 is 0. The van der Waals surface area contributed by atoms with Crippen LogP contribution in [-0.4, -0.2) is 48.1 Å². The average Bonchev–Trinajstić information content (AvgIpc) is 2.87. The molecule has 2 N–H and O–H groups in total. The Morgan fingerprint density at radius 1 is 1.25 bits per heavy atom. The molecule has 1 fully saturated rings. The first-order chi connectivity index (χ1) is 9.43. The van der Waals surface area contributed by atoms with Crippen LogP contribution in [0.1, 0.15) is 46.0 Å². The van der Waals surface area contributed by atoms with E-state index in [0.29, 0.717) is 25.4 Å². The van der Waals surface area contributed by atoms with Crippen molar-refractivity contribution in [3.8, 4) is 0 Å². The van der Waals surface area contributed by atoms with E-state index in [1.165, 1.54) is 0 Å². The fraction of sp³-hybridized carbons (Fsp3) is 0.867. The van der Waals surface area contributed by atoms with E-state index >= 15 is 0 Å². The highest BCUT2D eigenvalue weighted by Crippen LogP contribution is 2.31. The first kappa shape index (κ1) is 17.0. The van der Waals surface area contributed by atoms with E-state index in [1.807, 2.05) is 0 Å². The second kappa shape index (κ2) is 8.25. The summed E-state index contributed by atoms with van der Waals surface area (Å²) in [7, 11) is 2.10. The zero-order valence-corrected chi connectivity index (χ0v) is 12.9. The van der Waals surface area contributed by atoms with Crippen LogP contribution in [0.15, 0.2) is 0 Å². The highest BCUT2D eigenvalue weighted by Gasteiger charge is 2.37. The lowest BCUT2D eigenvalue weighted by molar-refractivity contribution is -0.146. The average molecular weight is 284 g/mol. The SMILES string of the molecule is CC(C)N(C)CCCCNC(=O)[C@@H]1CCC[C@@H]1C(=O)O. The fourth-order valence-electron chi connectivity index (χ4n) is 2.66. The van der Waals surface area contributed by atoms with Crippen LogP contribution in [-0.2, 0) is 9.59 Å². The molecule has 0 heterocycles. The minimum absolute atomic E-state index is 0.0767. The van der Waals surface area contributed by atoms with Crippen molar-refractivity contribution in [1.29, 1.82) is 0 Å². The maximum Gasteiger partial charge on any atom is 0.307 e. The fourth-order valence-corrected chi connectivity index (χ4v) is 2.66. The molecule has 0 radical (unpaired) electrons. The van der Waals surface area contributed by atoms with E-state index in [9.17, 15) is 9.59 Å². The van der Waals surface area contributed by atoms with E-state index in [-0.39, 0.29) is 11.8 Å². The molecule has 0 saturated heterocycles. The topological polar surface area (TPSA) is 69.6 Å². The molecule has 5 heteroatoms. The molecule has 1 aliphatic rings. The van der Waals surface area contributed by atoms with Crippen LogP contribution >= 0.6 is 0 Å². The van der Waals surface area contributed by atoms with Gasteiger partial charge in [0.1, 0.15) is 0 Å². The number of hydrogen-bond acceptors (Lipinski definition) is 3. The van der Waals surface area contributed by atoms with Crippen molar-refractivity contribution in [3.05, 3.63) is 0 Å². The molecule has 0 bridgehead atoms. The molecule has 20 heavy (non-hydrogen) atoms. The number of nitrogens with zero attached hydrogens (tertiary/aromatic N) is 1. The van der Waals surface area contributed by atoms with Crippen LogP contribution in [0, 0.1) is 11.8 Å². The number of nitrogens with one attached hydrogen (secondary N) is 1. The monoisotopic (exact) mass is 284 g/mol. The van der Waals surface area contributed by atoms with Crippen LogP contribution in [0.3, 0.4) is 0 Å². The van der Waals surface area contributed by atoms with Crippen molar-refractivity contribution in [1.82, 2.24) is 10.2 Å². The maximum absolute atomic E-state index is 12.0. The molecular weight excluding hydrogens is 256 g/mol.